The van der Waals surface area contributed by atoms with Gasteiger partial charge in [0.15, 0.2) is 0 Å². The lowest BCUT2D eigenvalue weighted by atomic mass is 10.00. The second kappa shape index (κ2) is 4.67. The third-order valence-electron chi connectivity index (χ3n) is 1.99. The van der Waals surface area contributed by atoms with Crippen molar-refractivity contribution in [1.82, 2.24) is 0 Å². The van der Waals surface area contributed by atoms with Crippen molar-refractivity contribution in [2.24, 2.45) is 0 Å². The zero-order valence-corrected chi connectivity index (χ0v) is 9.19. The van der Waals surface area contributed by atoms with Gasteiger partial charge < -0.3 is 5.11 Å². The van der Waals surface area contributed by atoms with E-state index in [0.717, 1.165) is 5.56 Å². The average Bonchev–Trinajstić information content (AvgIpc) is 2.15. The molecule has 0 aromatic heterocycles. The fraction of sp³-hybridized carbons (Fsp3) is 0.300. The van der Waals surface area contributed by atoms with Crippen LogP contribution in [-0.4, -0.2) is 11.1 Å². The Bertz CT molecular complexity index is 361. The minimum Gasteiger partial charge on any atom is -0.478 e. The lowest BCUT2D eigenvalue weighted by Crippen LogP contribution is -2.05. The summed E-state index contributed by atoms with van der Waals surface area (Å²) >= 11 is 11.3. The van der Waals surface area contributed by atoms with Gasteiger partial charge in [-0.15, -0.1) is 23.2 Å². The summed E-state index contributed by atoms with van der Waals surface area (Å²) in [6, 6.07) is 3.50. The van der Waals surface area contributed by atoms with Crippen molar-refractivity contribution >= 4 is 29.2 Å². The van der Waals surface area contributed by atoms with Crippen LogP contribution in [0.3, 0.4) is 0 Å². The summed E-state index contributed by atoms with van der Waals surface area (Å²) in [6.45, 7) is 1.75. The first-order valence-corrected chi connectivity index (χ1v) is 5.14. The van der Waals surface area contributed by atoms with Crippen molar-refractivity contribution in [3.05, 3.63) is 34.4 Å². The Morgan fingerprint density at radius 1 is 1.36 bits per heavy atom. The summed E-state index contributed by atoms with van der Waals surface area (Å²) in [6.07, 6.45) is 0. The summed E-state index contributed by atoms with van der Waals surface area (Å²) in [5, 5.41) is 8.95. The molecule has 0 aliphatic rings. The smallest absolute Gasteiger partial charge is 0.336 e. The summed E-state index contributed by atoms with van der Waals surface area (Å²) in [7, 11) is 0. The van der Waals surface area contributed by atoms with Crippen LogP contribution >= 0.6 is 23.2 Å². The van der Waals surface area contributed by atoms with Gasteiger partial charge in [0, 0.05) is 11.8 Å². The minimum atomic E-state index is -0.945. The quantitative estimate of drug-likeness (QED) is 0.814. The number of rotatable bonds is 3. The minimum absolute atomic E-state index is 0.188. The predicted octanol–water partition coefficient (Wildman–Crippen LogP) is 3.17. The Morgan fingerprint density at radius 2 is 2.00 bits per heavy atom. The lowest BCUT2D eigenvalue weighted by Gasteiger charge is -2.08. The second-order valence-electron chi connectivity index (χ2n) is 3.02. The summed E-state index contributed by atoms with van der Waals surface area (Å²) in [4.78, 5) is 10.9. The highest BCUT2D eigenvalue weighted by molar-refractivity contribution is 6.18. The van der Waals surface area contributed by atoms with Crippen molar-refractivity contribution in [2.75, 3.05) is 0 Å². The number of carboxylic acid groups (broad SMARTS) is 1. The number of hydrogen-bond acceptors (Lipinski definition) is 1. The van der Waals surface area contributed by atoms with Gasteiger partial charge in [0.2, 0.25) is 0 Å². The molecule has 0 aliphatic carbocycles. The number of halogens is 2. The van der Waals surface area contributed by atoms with Crippen LogP contribution in [-0.2, 0) is 11.8 Å². The molecule has 1 rings (SSSR count). The largest absolute Gasteiger partial charge is 0.478 e. The van der Waals surface area contributed by atoms with E-state index >= 15 is 0 Å². The first kappa shape index (κ1) is 11.3. The van der Waals surface area contributed by atoms with Crippen molar-refractivity contribution in [2.45, 2.75) is 18.7 Å². The molecule has 0 fully saturated rings. The molecule has 2 nitrogen and oxygen atoms in total. The molecule has 0 spiro atoms. The zero-order valence-electron chi connectivity index (χ0n) is 7.68. The number of carbonyl (C=O) groups is 1. The second-order valence-corrected chi connectivity index (χ2v) is 3.55. The fourth-order valence-electron chi connectivity index (χ4n) is 1.43. The maximum atomic E-state index is 10.9. The zero-order chi connectivity index (χ0) is 10.7. The molecule has 0 atom stereocenters. The summed E-state index contributed by atoms with van der Waals surface area (Å²) in [5.74, 6) is -0.392. The van der Waals surface area contributed by atoms with Gasteiger partial charge >= 0.3 is 5.97 Å². The van der Waals surface area contributed by atoms with Crippen LogP contribution in [0.1, 0.15) is 27.0 Å². The van der Waals surface area contributed by atoms with E-state index in [-0.39, 0.29) is 11.4 Å². The normalized spacial score (nSPS) is 10.2. The highest BCUT2D eigenvalue weighted by atomic mass is 35.5. The highest BCUT2D eigenvalue weighted by Crippen LogP contribution is 2.20. The number of alkyl halides is 2. The van der Waals surface area contributed by atoms with Gasteiger partial charge in [0.25, 0.3) is 0 Å². The average molecular weight is 233 g/mol. The summed E-state index contributed by atoms with van der Waals surface area (Å²) < 4.78 is 0. The third kappa shape index (κ3) is 2.20. The molecule has 0 saturated carbocycles. The molecular formula is C10H10Cl2O2. The monoisotopic (exact) mass is 232 g/mol. The van der Waals surface area contributed by atoms with E-state index in [1.54, 1.807) is 19.1 Å². The Labute approximate surface area is 92.5 Å². The fourth-order valence-corrected chi connectivity index (χ4v) is 1.79. The molecule has 0 radical (unpaired) electrons. The lowest BCUT2D eigenvalue weighted by molar-refractivity contribution is 0.0695. The van der Waals surface area contributed by atoms with Crippen LogP contribution in [0.5, 0.6) is 0 Å². The highest BCUT2D eigenvalue weighted by Gasteiger charge is 2.13. The first-order valence-electron chi connectivity index (χ1n) is 4.07. The molecule has 0 heterocycles. The van der Waals surface area contributed by atoms with E-state index in [9.17, 15) is 4.79 Å². The molecule has 0 amide bonds. The molecule has 0 unspecified atom stereocenters. The maximum Gasteiger partial charge on any atom is 0.336 e. The molecular weight excluding hydrogens is 223 g/mol. The van der Waals surface area contributed by atoms with Crippen molar-refractivity contribution in [3.63, 3.8) is 0 Å². The van der Waals surface area contributed by atoms with E-state index < -0.39 is 5.97 Å². The molecule has 1 aromatic rings. The van der Waals surface area contributed by atoms with Gasteiger partial charge in [0.05, 0.1) is 5.56 Å². The maximum absolute atomic E-state index is 10.9. The Kier molecular flexibility index (Phi) is 3.78. The Morgan fingerprint density at radius 3 is 2.43 bits per heavy atom. The summed E-state index contributed by atoms with van der Waals surface area (Å²) in [5.41, 5.74) is 2.50. The van der Waals surface area contributed by atoms with E-state index in [0.29, 0.717) is 17.0 Å². The molecule has 0 aliphatic heterocycles. The van der Waals surface area contributed by atoms with Crippen LogP contribution < -0.4 is 0 Å². The Balaban J connectivity index is 3.34. The molecule has 1 aromatic carbocycles. The molecule has 76 valence electrons. The van der Waals surface area contributed by atoms with E-state index in [4.69, 9.17) is 28.3 Å². The first-order chi connectivity index (χ1) is 6.60. The van der Waals surface area contributed by atoms with E-state index in [1.165, 1.54) is 0 Å². The predicted molar refractivity (Wildman–Crippen MR) is 57.3 cm³/mol. The van der Waals surface area contributed by atoms with Gasteiger partial charge in [-0.25, -0.2) is 4.79 Å². The molecule has 4 heteroatoms. The number of benzene rings is 1. The van der Waals surface area contributed by atoms with Crippen LogP contribution in [0, 0.1) is 6.92 Å². The molecule has 1 N–H and O–H groups in total. The van der Waals surface area contributed by atoms with Gasteiger partial charge in [-0.2, -0.15) is 0 Å². The molecule has 0 saturated heterocycles. The van der Waals surface area contributed by atoms with Crippen molar-refractivity contribution in [1.29, 1.82) is 0 Å². The number of hydrogen-bond donors (Lipinski definition) is 1. The van der Waals surface area contributed by atoms with Crippen LogP contribution in [0.2, 0.25) is 0 Å². The van der Waals surface area contributed by atoms with E-state index in [2.05, 4.69) is 0 Å². The number of carboxylic acids is 1. The van der Waals surface area contributed by atoms with Gasteiger partial charge in [-0.3, -0.25) is 0 Å². The third-order valence-corrected chi connectivity index (χ3v) is 2.59. The van der Waals surface area contributed by atoms with Gasteiger partial charge in [-0.1, -0.05) is 12.1 Å². The number of aromatic carboxylic acids is 1. The van der Waals surface area contributed by atoms with Crippen molar-refractivity contribution in [3.8, 4) is 0 Å². The van der Waals surface area contributed by atoms with Crippen LogP contribution in [0.25, 0.3) is 0 Å². The van der Waals surface area contributed by atoms with Crippen LogP contribution in [0.4, 0.5) is 0 Å². The standard InChI is InChI=1S/C10H10Cl2O2/c1-6-2-7(4-11)3-8(5-12)9(6)10(13)14/h2-3H,4-5H2,1H3,(H,13,14). The Hall–Kier alpha value is -0.730. The molecule has 14 heavy (non-hydrogen) atoms. The van der Waals surface area contributed by atoms with Gasteiger partial charge in [0.1, 0.15) is 0 Å². The van der Waals surface area contributed by atoms with Gasteiger partial charge in [-0.05, 0) is 23.6 Å². The van der Waals surface area contributed by atoms with Crippen molar-refractivity contribution < 1.29 is 9.90 Å². The van der Waals surface area contributed by atoms with Crippen LogP contribution in [0.15, 0.2) is 12.1 Å². The molecule has 0 bridgehead atoms. The topological polar surface area (TPSA) is 37.3 Å². The SMILES string of the molecule is Cc1cc(CCl)cc(CCl)c1C(=O)O. The number of aryl methyl sites for hydroxylation is 1. The van der Waals surface area contributed by atoms with E-state index in [1.807, 2.05) is 0 Å².